The van der Waals surface area contributed by atoms with Crippen LogP contribution >= 0.6 is 0 Å². The summed E-state index contributed by atoms with van der Waals surface area (Å²) in [6.07, 6.45) is 1.34. The Balaban J connectivity index is 1.94. The van der Waals surface area contributed by atoms with Crippen LogP contribution in [-0.4, -0.2) is 19.3 Å². The van der Waals surface area contributed by atoms with Crippen LogP contribution in [0.2, 0.25) is 0 Å². The maximum absolute atomic E-state index is 12.8. The van der Waals surface area contributed by atoms with Gasteiger partial charge >= 0.3 is 0 Å². The summed E-state index contributed by atoms with van der Waals surface area (Å²) in [5, 5.41) is 10.1. The Hall–Kier alpha value is -2.85. The van der Waals surface area contributed by atoms with E-state index in [1.165, 1.54) is 6.08 Å². The van der Waals surface area contributed by atoms with Gasteiger partial charge in [0.2, 0.25) is 0 Å². The van der Waals surface area contributed by atoms with Crippen LogP contribution in [0.15, 0.2) is 95.9 Å². The fourth-order valence-electron chi connectivity index (χ4n) is 2.60. The zero-order valence-electron chi connectivity index (χ0n) is 13.5. The molecule has 0 bridgehead atoms. The third-order valence-electron chi connectivity index (χ3n) is 3.87. The Bertz CT molecular complexity index is 976. The lowest BCUT2D eigenvalue weighted by atomic mass is 10.1. The van der Waals surface area contributed by atoms with Gasteiger partial charge in [-0.2, -0.15) is 0 Å². The average molecular weight is 350 g/mol. The van der Waals surface area contributed by atoms with Crippen molar-refractivity contribution in [3.63, 3.8) is 0 Å². The molecule has 4 heteroatoms. The molecule has 0 aliphatic heterocycles. The highest BCUT2D eigenvalue weighted by Crippen LogP contribution is 2.28. The third-order valence-corrected chi connectivity index (χ3v) is 5.50. The van der Waals surface area contributed by atoms with Crippen molar-refractivity contribution in [1.82, 2.24) is 0 Å². The second-order valence-electron chi connectivity index (χ2n) is 5.60. The maximum atomic E-state index is 12.8. The van der Waals surface area contributed by atoms with E-state index in [4.69, 9.17) is 0 Å². The number of rotatable bonds is 5. The van der Waals surface area contributed by atoms with Gasteiger partial charge in [0, 0.05) is 11.1 Å². The lowest BCUT2D eigenvalue weighted by Gasteiger charge is -2.10. The molecule has 0 spiro atoms. The Morgan fingerprint density at radius 3 is 2.04 bits per heavy atom. The summed E-state index contributed by atoms with van der Waals surface area (Å²) in [5.41, 5.74) is 2.10. The van der Waals surface area contributed by atoms with Crippen molar-refractivity contribution in [3.8, 4) is 11.1 Å². The van der Waals surface area contributed by atoms with Crippen LogP contribution in [0, 0.1) is 0 Å². The standard InChI is InChI=1S/C21H18O3S/c22-20(18-11-5-2-6-12-18)15-16-25(23,24)21-14-8-7-13-19(21)17-9-3-1-4-10-17/h1-15,22H,16H2. The topological polar surface area (TPSA) is 54.4 Å². The van der Waals surface area contributed by atoms with Gasteiger partial charge in [-0.15, -0.1) is 0 Å². The minimum absolute atomic E-state index is 0.0404. The van der Waals surface area contributed by atoms with Crippen LogP contribution in [0.5, 0.6) is 0 Å². The van der Waals surface area contributed by atoms with Gasteiger partial charge in [0.05, 0.1) is 10.6 Å². The quantitative estimate of drug-likeness (QED) is 0.677. The number of sulfone groups is 1. The van der Waals surface area contributed by atoms with Crippen molar-refractivity contribution in [1.29, 1.82) is 0 Å². The molecule has 3 nitrogen and oxygen atoms in total. The Morgan fingerprint density at radius 1 is 0.800 bits per heavy atom. The summed E-state index contributed by atoms with van der Waals surface area (Å²) in [7, 11) is -3.58. The smallest absolute Gasteiger partial charge is 0.182 e. The van der Waals surface area contributed by atoms with Crippen LogP contribution in [0.4, 0.5) is 0 Å². The van der Waals surface area contributed by atoms with E-state index in [0.29, 0.717) is 11.1 Å². The second kappa shape index (κ2) is 7.36. The van der Waals surface area contributed by atoms with Gasteiger partial charge in [0.1, 0.15) is 5.76 Å². The van der Waals surface area contributed by atoms with E-state index < -0.39 is 9.84 Å². The Kier molecular flexibility index (Phi) is 5.00. The summed E-state index contributed by atoms with van der Waals surface area (Å²) in [6, 6.07) is 25.2. The molecule has 0 heterocycles. The minimum Gasteiger partial charge on any atom is -0.508 e. The minimum atomic E-state index is -3.58. The highest BCUT2D eigenvalue weighted by Gasteiger charge is 2.18. The molecule has 1 N–H and O–H groups in total. The molecule has 0 aromatic heterocycles. The first-order valence-corrected chi connectivity index (χ1v) is 9.55. The first-order valence-electron chi connectivity index (χ1n) is 7.90. The van der Waals surface area contributed by atoms with Crippen LogP contribution in [0.25, 0.3) is 16.9 Å². The number of aliphatic hydroxyl groups is 1. The van der Waals surface area contributed by atoms with Crippen molar-refractivity contribution >= 4 is 15.6 Å². The van der Waals surface area contributed by atoms with Gasteiger partial charge in [-0.25, -0.2) is 8.42 Å². The first kappa shape index (κ1) is 17.0. The van der Waals surface area contributed by atoms with E-state index in [2.05, 4.69) is 0 Å². The first-order chi connectivity index (χ1) is 12.1. The van der Waals surface area contributed by atoms with E-state index in [-0.39, 0.29) is 16.4 Å². The summed E-state index contributed by atoms with van der Waals surface area (Å²) >= 11 is 0. The number of benzene rings is 3. The fraction of sp³-hybridized carbons (Fsp3) is 0.0476. The van der Waals surface area contributed by atoms with Crippen molar-refractivity contribution < 1.29 is 13.5 Å². The van der Waals surface area contributed by atoms with Crippen LogP contribution in [0.1, 0.15) is 5.56 Å². The van der Waals surface area contributed by atoms with Crippen LogP contribution in [-0.2, 0) is 9.84 Å². The molecule has 0 aliphatic carbocycles. The van der Waals surface area contributed by atoms with Crippen LogP contribution in [0.3, 0.4) is 0 Å². The fourth-order valence-corrected chi connectivity index (χ4v) is 3.96. The predicted molar refractivity (Wildman–Crippen MR) is 101 cm³/mol. The molecular formula is C21H18O3S. The van der Waals surface area contributed by atoms with E-state index in [1.807, 2.05) is 42.5 Å². The zero-order chi connectivity index (χ0) is 17.7. The number of hydrogen-bond donors (Lipinski definition) is 1. The van der Waals surface area contributed by atoms with Gasteiger partial charge in [-0.05, 0) is 17.7 Å². The molecule has 126 valence electrons. The SMILES string of the molecule is O=S(=O)(CC=C(O)c1ccccc1)c1ccccc1-c1ccccc1. The molecule has 0 atom stereocenters. The van der Waals surface area contributed by atoms with Gasteiger partial charge < -0.3 is 5.11 Å². The molecule has 0 fully saturated rings. The van der Waals surface area contributed by atoms with E-state index in [9.17, 15) is 13.5 Å². The summed E-state index contributed by atoms with van der Waals surface area (Å²) < 4.78 is 25.6. The predicted octanol–water partition coefficient (Wildman–Crippen LogP) is 4.73. The van der Waals surface area contributed by atoms with E-state index >= 15 is 0 Å². The molecule has 3 aromatic carbocycles. The molecule has 0 radical (unpaired) electrons. The largest absolute Gasteiger partial charge is 0.508 e. The molecule has 0 amide bonds. The molecule has 25 heavy (non-hydrogen) atoms. The maximum Gasteiger partial charge on any atom is 0.182 e. The molecular weight excluding hydrogens is 332 g/mol. The van der Waals surface area contributed by atoms with Gasteiger partial charge in [-0.3, -0.25) is 0 Å². The van der Waals surface area contributed by atoms with Crippen molar-refractivity contribution in [2.24, 2.45) is 0 Å². The van der Waals surface area contributed by atoms with Crippen molar-refractivity contribution in [2.45, 2.75) is 4.90 Å². The summed E-state index contributed by atoms with van der Waals surface area (Å²) in [5.74, 6) is -0.307. The Morgan fingerprint density at radius 2 is 1.36 bits per heavy atom. The summed E-state index contributed by atoms with van der Waals surface area (Å²) in [6.45, 7) is 0. The number of aliphatic hydroxyl groups excluding tert-OH is 1. The lowest BCUT2D eigenvalue weighted by Crippen LogP contribution is -2.07. The highest BCUT2D eigenvalue weighted by atomic mass is 32.2. The van der Waals surface area contributed by atoms with Crippen LogP contribution < -0.4 is 0 Å². The zero-order valence-corrected chi connectivity index (χ0v) is 14.4. The Labute approximate surface area is 147 Å². The normalized spacial score (nSPS) is 12.1. The van der Waals surface area contributed by atoms with Crippen molar-refractivity contribution in [3.05, 3.63) is 96.6 Å². The molecule has 3 aromatic rings. The van der Waals surface area contributed by atoms with Gasteiger partial charge in [0.15, 0.2) is 9.84 Å². The molecule has 0 aliphatic rings. The second-order valence-corrected chi connectivity index (χ2v) is 7.60. The van der Waals surface area contributed by atoms with Gasteiger partial charge in [-0.1, -0.05) is 78.9 Å². The summed E-state index contributed by atoms with van der Waals surface area (Å²) in [4.78, 5) is 0.262. The lowest BCUT2D eigenvalue weighted by molar-refractivity contribution is 0.510. The van der Waals surface area contributed by atoms with E-state index in [1.54, 1.807) is 42.5 Å². The van der Waals surface area contributed by atoms with Gasteiger partial charge in [0.25, 0.3) is 0 Å². The molecule has 0 unspecified atom stereocenters. The highest BCUT2D eigenvalue weighted by molar-refractivity contribution is 7.91. The average Bonchev–Trinajstić information content (AvgIpc) is 2.67. The van der Waals surface area contributed by atoms with E-state index in [0.717, 1.165) is 5.56 Å². The molecule has 3 rings (SSSR count). The monoisotopic (exact) mass is 350 g/mol. The molecule has 0 saturated heterocycles. The third kappa shape index (κ3) is 3.98. The van der Waals surface area contributed by atoms with Crippen molar-refractivity contribution in [2.75, 3.05) is 5.75 Å². The molecule has 0 saturated carbocycles. The number of hydrogen-bond acceptors (Lipinski definition) is 3.